The fraction of sp³-hybridized carbons (Fsp3) is 0.611. The van der Waals surface area contributed by atoms with Crippen molar-refractivity contribution in [1.29, 1.82) is 0 Å². The van der Waals surface area contributed by atoms with Gasteiger partial charge in [0.25, 0.3) is 0 Å². The molecule has 0 spiro atoms. The first kappa shape index (κ1) is 24.6. The molecule has 1 N–H and O–H groups in total. The van der Waals surface area contributed by atoms with Gasteiger partial charge in [0.05, 0.1) is 22.5 Å². The summed E-state index contributed by atoms with van der Waals surface area (Å²) in [6.07, 6.45) is -3.93. The lowest BCUT2D eigenvalue weighted by atomic mass is 9.93. The van der Waals surface area contributed by atoms with E-state index in [-0.39, 0.29) is 23.6 Å². The average Bonchev–Trinajstić information content (AvgIpc) is 2.50. The van der Waals surface area contributed by atoms with Crippen LogP contribution in [-0.2, 0) is 21.0 Å². The number of hydrogen-bond acceptors (Lipinski definition) is 3. The molecule has 10 heteroatoms. The molecule has 5 nitrogen and oxygen atoms in total. The minimum atomic E-state index is -4.76. The molecule has 0 bridgehead atoms. The van der Waals surface area contributed by atoms with Crippen LogP contribution in [0, 0.1) is 11.8 Å². The van der Waals surface area contributed by atoms with E-state index in [4.69, 9.17) is 11.6 Å². The summed E-state index contributed by atoms with van der Waals surface area (Å²) in [7, 11) is -4.05. The van der Waals surface area contributed by atoms with Crippen molar-refractivity contribution in [3.63, 3.8) is 0 Å². The summed E-state index contributed by atoms with van der Waals surface area (Å²) in [6, 6.07) is 1.28. The lowest BCUT2D eigenvalue weighted by Crippen LogP contribution is -2.52. The van der Waals surface area contributed by atoms with Crippen molar-refractivity contribution in [3.05, 3.63) is 28.8 Å². The summed E-state index contributed by atoms with van der Waals surface area (Å²) >= 11 is 5.61. The quantitative estimate of drug-likeness (QED) is 0.684. The fourth-order valence-corrected chi connectivity index (χ4v) is 4.46. The molecule has 0 unspecified atom stereocenters. The van der Waals surface area contributed by atoms with Gasteiger partial charge in [-0.3, -0.25) is 9.10 Å². The number of sulfonamides is 1. The van der Waals surface area contributed by atoms with Gasteiger partial charge in [-0.1, -0.05) is 39.3 Å². The Hall–Kier alpha value is -1.48. The third kappa shape index (κ3) is 6.01. The molecular weight excluding hydrogens is 417 g/mol. The van der Waals surface area contributed by atoms with Crippen LogP contribution < -0.4 is 9.62 Å². The molecule has 0 aliphatic heterocycles. The zero-order chi connectivity index (χ0) is 22.0. The molecule has 160 valence electrons. The third-order valence-corrected chi connectivity index (χ3v) is 5.91. The van der Waals surface area contributed by atoms with E-state index < -0.39 is 38.7 Å². The minimum absolute atomic E-state index is 0.0928. The van der Waals surface area contributed by atoms with Gasteiger partial charge in [-0.2, -0.15) is 13.2 Å². The van der Waals surface area contributed by atoms with Gasteiger partial charge in [0.2, 0.25) is 15.9 Å². The van der Waals surface area contributed by atoms with Crippen LogP contribution in [0.1, 0.15) is 40.2 Å². The van der Waals surface area contributed by atoms with Crippen LogP contribution in [-0.4, -0.2) is 32.7 Å². The normalized spacial score (nSPS) is 13.9. The van der Waals surface area contributed by atoms with E-state index in [0.717, 1.165) is 18.4 Å². The topological polar surface area (TPSA) is 66.5 Å². The van der Waals surface area contributed by atoms with Crippen molar-refractivity contribution >= 4 is 33.2 Å². The fourth-order valence-electron chi connectivity index (χ4n) is 3.06. The predicted molar refractivity (Wildman–Crippen MR) is 105 cm³/mol. The first-order valence-corrected chi connectivity index (χ1v) is 11.0. The van der Waals surface area contributed by atoms with E-state index in [9.17, 15) is 26.4 Å². The van der Waals surface area contributed by atoms with Gasteiger partial charge in [0.15, 0.2) is 0 Å². The smallest absolute Gasteiger partial charge is 0.351 e. The Balaban J connectivity index is 3.36. The summed E-state index contributed by atoms with van der Waals surface area (Å²) < 4.78 is 64.8. The van der Waals surface area contributed by atoms with E-state index in [1.807, 2.05) is 27.7 Å². The maximum absolute atomic E-state index is 13.2. The molecule has 0 aliphatic rings. The van der Waals surface area contributed by atoms with Crippen LogP contribution in [0.15, 0.2) is 18.2 Å². The second-order valence-electron chi connectivity index (χ2n) is 7.42. The Morgan fingerprint density at radius 3 is 2.00 bits per heavy atom. The molecule has 1 aromatic carbocycles. The number of carbonyl (C=O) groups is 1. The second kappa shape index (κ2) is 8.90. The molecule has 1 amide bonds. The van der Waals surface area contributed by atoms with Crippen LogP contribution in [0.5, 0.6) is 0 Å². The second-order valence-corrected chi connectivity index (χ2v) is 9.69. The van der Waals surface area contributed by atoms with Crippen molar-refractivity contribution in [1.82, 2.24) is 5.32 Å². The molecule has 1 aromatic rings. The summed E-state index contributed by atoms with van der Waals surface area (Å²) in [4.78, 5) is 12.7. The number of amides is 1. The van der Waals surface area contributed by atoms with E-state index in [1.165, 1.54) is 6.92 Å². The van der Waals surface area contributed by atoms with Crippen LogP contribution in [0.3, 0.4) is 0 Å². The lowest BCUT2D eigenvalue weighted by molar-refractivity contribution is -0.137. The highest BCUT2D eigenvalue weighted by atomic mass is 35.5. The van der Waals surface area contributed by atoms with Crippen molar-refractivity contribution < 1.29 is 26.4 Å². The van der Waals surface area contributed by atoms with Gasteiger partial charge in [-0.25, -0.2) is 8.42 Å². The van der Waals surface area contributed by atoms with Gasteiger partial charge in [0.1, 0.15) is 6.04 Å². The van der Waals surface area contributed by atoms with Crippen molar-refractivity contribution in [2.24, 2.45) is 11.8 Å². The molecule has 0 saturated carbocycles. The number of nitrogens with one attached hydrogen (secondary N) is 1. The maximum Gasteiger partial charge on any atom is 0.417 e. The lowest BCUT2D eigenvalue weighted by Gasteiger charge is -2.32. The summed E-state index contributed by atoms with van der Waals surface area (Å²) in [5.41, 5.74) is -1.46. The first-order valence-electron chi connectivity index (χ1n) is 8.73. The van der Waals surface area contributed by atoms with E-state index in [2.05, 4.69) is 5.32 Å². The Morgan fingerprint density at radius 1 is 1.11 bits per heavy atom. The monoisotopic (exact) mass is 442 g/mol. The average molecular weight is 443 g/mol. The Labute approximate surface area is 169 Å². The third-order valence-electron chi connectivity index (χ3n) is 4.34. The van der Waals surface area contributed by atoms with Gasteiger partial charge in [-0.15, -0.1) is 0 Å². The molecule has 0 aromatic heterocycles. The van der Waals surface area contributed by atoms with E-state index in [0.29, 0.717) is 10.4 Å². The number of anilines is 1. The van der Waals surface area contributed by atoms with E-state index in [1.54, 1.807) is 0 Å². The number of carbonyl (C=O) groups excluding carboxylic acids is 1. The first-order chi connectivity index (χ1) is 12.6. The number of alkyl halides is 3. The van der Waals surface area contributed by atoms with Gasteiger partial charge < -0.3 is 5.32 Å². The highest BCUT2D eigenvalue weighted by Gasteiger charge is 2.36. The van der Waals surface area contributed by atoms with Crippen molar-refractivity contribution in [3.8, 4) is 0 Å². The Kier molecular flexibility index (Phi) is 7.81. The summed E-state index contributed by atoms with van der Waals surface area (Å²) in [6.45, 7) is 8.99. The Morgan fingerprint density at radius 2 is 1.61 bits per heavy atom. The van der Waals surface area contributed by atoms with Crippen LogP contribution >= 0.6 is 11.6 Å². The highest BCUT2D eigenvalue weighted by Crippen LogP contribution is 2.37. The maximum atomic E-state index is 13.2. The van der Waals surface area contributed by atoms with Crippen LogP contribution in [0.4, 0.5) is 18.9 Å². The van der Waals surface area contributed by atoms with Gasteiger partial charge in [-0.05, 0) is 37.0 Å². The number of benzene rings is 1. The molecule has 0 radical (unpaired) electrons. The summed E-state index contributed by atoms with van der Waals surface area (Å²) in [5.74, 6) is -0.410. The molecule has 0 saturated heterocycles. The zero-order valence-corrected chi connectivity index (χ0v) is 18.2. The molecule has 1 rings (SSSR count). The Bertz CT molecular complexity index is 803. The molecule has 1 atom stereocenters. The van der Waals surface area contributed by atoms with Crippen LogP contribution in [0.2, 0.25) is 5.02 Å². The molecule has 0 aliphatic carbocycles. The molecule has 0 heterocycles. The largest absolute Gasteiger partial charge is 0.417 e. The van der Waals surface area contributed by atoms with Crippen LogP contribution in [0.25, 0.3) is 0 Å². The molecule has 0 fully saturated rings. The molecular formula is C18H26ClF3N2O3S. The molecule has 28 heavy (non-hydrogen) atoms. The minimum Gasteiger partial charge on any atom is -0.351 e. The summed E-state index contributed by atoms with van der Waals surface area (Å²) in [5, 5.41) is 2.25. The standard InChI is InChI=1S/C18H26ClF3N2O3S/c1-10(2)16(11(3)4)23-17(25)12(5)24(28(6,26)27)13-7-8-15(19)14(9-13)18(20,21)22/h7-12,16H,1-6H3,(H,23,25)/t12-/m0/s1. The van der Waals surface area contributed by atoms with Gasteiger partial charge >= 0.3 is 6.18 Å². The number of rotatable bonds is 7. The highest BCUT2D eigenvalue weighted by molar-refractivity contribution is 7.92. The number of nitrogens with zero attached hydrogens (tertiary/aromatic N) is 1. The number of hydrogen-bond donors (Lipinski definition) is 1. The van der Waals surface area contributed by atoms with Crippen molar-refractivity contribution in [2.45, 2.75) is 52.9 Å². The predicted octanol–water partition coefficient (Wildman–Crippen LogP) is 4.31. The van der Waals surface area contributed by atoms with Gasteiger partial charge in [0, 0.05) is 6.04 Å². The van der Waals surface area contributed by atoms with E-state index >= 15 is 0 Å². The number of halogens is 4. The SMILES string of the molecule is CC(C)C(NC(=O)[C@H](C)N(c1ccc(Cl)c(C(F)(F)F)c1)S(C)(=O)=O)C(C)C. The zero-order valence-electron chi connectivity index (χ0n) is 16.6. The van der Waals surface area contributed by atoms with Crippen molar-refractivity contribution in [2.75, 3.05) is 10.6 Å².